The fraction of sp³-hybridized carbons (Fsp3) is 0.278. The first-order valence-electron chi connectivity index (χ1n) is 7.71. The molecule has 0 aliphatic heterocycles. The van der Waals surface area contributed by atoms with Crippen LogP contribution in [-0.4, -0.2) is 34.8 Å². The lowest BCUT2D eigenvalue weighted by Gasteiger charge is -2.20. The van der Waals surface area contributed by atoms with Crippen molar-refractivity contribution >= 4 is 23.4 Å². The molecule has 0 spiro atoms. The van der Waals surface area contributed by atoms with Gasteiger partial charge in [0.25, 0.3) is 0 Å². The first-order valence-corrected chi connectivity index (χ1v) is 8.09. The average molecular weight is 346 g/mol. The van der Waals surface area contributed by atoms with E-state index in [4.69, 9.17) is 11.6 Å². The molecule has 0 saturated heterocycles. The van der Waals surface area contributed by atoms with Gasteiger partial charge in [-0.05, 0) is 36.2 Å². The SMILES string of the molecule is CC(=O)N(CCc1ccc(Cl)cc1)CC(=O)NCc1ccccn1. The molecule has 5 nitrogen and oxygen atoms in total. The molecule has 1 aromatic heterocycles. The Morgan fingerprint density at radius 3 is 2.54 bits per heavy atom. The standard InChI is InChI=1S/C18H20ClN3O2/c1-14(23)22(11-9-15-5-7-16(19)8-6-15)13-18(24)21-12-17-4-2-3-10-20-17/h2-8,10H,9,11-13H2,1H3,(H,21,24). The smallest absolute Gasteiger partial charge is 0.239 e. The molecule has 126 valence electrons. The summed E-state index contributed by atoms with van der Waals surface area (Å²) in [5.41, 5.74) is 1.85. The number of amides is 2. The molecule has 0 aliphatic rings. The highest BCUT2D eigenvalue weighted by atomic mass is 35.5. The topological polar surface area (TPSA) is 62.3 Å². The third-order valence-electron chi connectivity index (χ3n) is 3.56. The van der Waals surface area contributed by atoms with Crippen molar-refractivity contribution in [2.75, 3.05) is 13.1 Å². The molecule has 0 radical (unpaired) electrons. The Morgan fingerprint density at radius 1 is 1.17 bits per heavy atom. The first-order chi connectivity index (χ1) is 11.5. The van der Waals surface area contributed by atoms with Gasteiger partial charge in [0.1, 0.15) is 0 Å². The molecule has 0 unspecified atom stereocenters. The van der Waals surface area contributed by atoms with E-state index in [2.05, 4.69) is 10.3 Å². The van der Waals surface area contributed by atoms with Gasteiger partial charge in [-0.2, -0.15) is 0 Å². The second-order valence-electron chi connectivity index (χ2n) is 5.41. The quantitative estimate of drug-likeness (QED) is 0.838. The number of rotatable bonds is 7. The van der Waals surface area contributed by atoms with Gasteiger partial charge in [0.15, 0.2) is 0 Å². The van der Waals surface area contributed by atoms with Crippen molar-refractivity contribution in [2.45, 2.75) is 19.9 Å². The summed E-state index contributed by atoms with van der Waals surface area (Å²) in [4.78, 5) is 29.5. The van der Waals surface area contributed by atoms with Crippen molar-refractivity contribution in [2.24, 2.45) is 0 Å². The van der Waals surface area contributed by atoms with Gasteiger partial charge < -0.3 is 10.2 Å². The summed E-state index contributed by atoms with van der Waals surface area (Å²) in [6.07, 6.45) is 2.35. The molecule has 1 heterocycles. The normalized spacial score (nSPS) is 10.2. The Labute approximate surface area is 146 Å². The van der Waals surface area contributed by atoms with Crippen LogP contribution in [0.15, 0.2) is 48.7 Å². The maximum atomic E-state index is 12.0. The van der Waals surface area contributed by atoms with E-state index in [0.29, 0.717) is 24.5 Å². The molecule has 1 N–H and O–H groups in total. The van der Waals surface area contributed by atoms with Gasteiger partial charge in [0.2, 0.25) is 11.8 Å². The van der Waals surface area contributed by atoms with Crippen LogP contribution in [-0.2, 0) is 22.6 Å². The Morgan fingerprint density at radius 2 is 1.92 bits per heavy atom. The number of pyridine rings is 1. The minimum absolute atomic E-state index is 0.0375. The molecule has 1 aromatic carbocycles. The van der Waals surface area contributed by atoms with E-state index in [1.807, 2.05) is 42.5 Å². The molecule has 0 fully saturated rings. The van der Waals surface area contributed by atoms with Crippen LogP contribution in [0.1, 0.15) is 18.2 Å². The Hall–Kier alpha value is -2.40. The van der Waals surface area contributed by atoms with Crippen LogP contribution in [0.4, 0.5) is 0 Å². The molecular formula is C18H20ClN3O2. The summed E-state index contributed by atoms with van der Waals surface area (Å²) in [7, 11) is 0. The van der Waals surface area contributed by atoms with E-state index >= 15 is 0 Å². The maximum absolute atomic E-state index is 12.0. The van der Waals surface area contributed by atoms with Crippen LogP contribution in [0.3, 0.4) is 0 Å². The fourth-order valence-corrected chi connectivity index (χ4v) is 2.31. The van der Waals surface area contributed by atoms with Crippen molar-refractivity contribution in [3.63, 3.8) is 0 Å². The van der Waals surface area contributed by atoms with Gasteiger partial charge in [0.05, 0.1) is 18.8 Å². The fourth-order valence-electron chi connectivity index (χ4n) is 2.18. The molecule has 6 heteroatoms. The lowest BCUT2D eigenvalue weighted by Crippen LogP contribution is -2.40. The Kier molecular flexibility index (Phi) is 6.75. The van der Waals surface area contributed by atoms with Gasteiger partial charge in [-0.3, -0.25) is 14.6 Å². The monoisotopic (exact) mass is 345 g/mol. The lowest BCUT2D eigenvalue weighted by atomic mass is 10.1. The van der Waals surface area contributed by atoms with Crippen LogP contribution in [0.5, 0.6) is 0 Å². The van der Waals surface area contributed by atoms with E-state index in [1.54, 1.807) is 6.20 Å². The van der Waals surface area contributed by atoms with E-state index in [0.717, 1.165) is 11.3 Å². The molecule has 0 aliphatic carbocycles. The number of carbonyl (C=O) groups is 2. The highest BCUT2D eigenvalue weighted by Gasteiger charge is 2.13. The minimum Gasteiger partial charge on any atom is -0.349 e. The van der Waals surface area contributed by atoms with Crippen molar-refractivity contribution < 1.29 is 9.59 Å². The number of hydrogen-bond acceptors (Lipinski definition) is 3. The van der Waals surface area contributed by atoms with Crippen molar-refractivity contribution in [1.82, 2.24) is 15.2 Å². The summed E-state index contributed by atoms with van der Waals surface area (Å²) in [6, 6.07) is 13.0. The third kappa shape index (κ3) is 6.01. The van der Waals surface area contributed by atoms with Gasteiger partial charge in [-0.15, -0.1) is 0 Å². The van der Waals surface area contributed by atoms with Crippen molar-refractivity contribution in [3.05, 3.63) is 64.9 Å². The van der Waals surface area contributed by atoms with E-state index in [1.165, 1.54) is 11.8 Å². The molecular weight excluding hydrogens is 326 g/mol. The number of carbonyl (C=O) groups excluding carboxylic acids is 2. The number of halogens is 1. The van der Waals surface area contributed by atoms with Crippen LogP contribution < -0.4 is 5.32 Å². The molecule has 2 rings (SSSR count). The Balaban J connectivity index is 1.82. The number of benzene rings is 1. The highest BCUT2D eigenvalue weighted by molar-refractivity contribution is 6.30. The van der Waals surface area contributed by atoms with Crippen LogP contribution in [0.25, 0.3) is 0 Å². The molecule has 0 bridgehead atoms. The first kappa shape index (κ1) is 17.9. The minimum atomic E-state index is -0.202. The van der Waals surface area contributed by atoms with E-state index in [-0.39, 0.29) is 18.4 Å². The van der Waals surface area contributed by atoms with Crippen LogP contribution >= 0.6 is 11.6 Å². The zero-order valence-electron chi connectivity index (χ0n) is 13.5. The number of hydrogen-bond donors (Lipinski definition) is 1. The zero-order valence-corrected chi connectivity index (χ0v) is 14.3. The van der Waals surface area contributed by atoms with Crippen molar-refractivity contribution in [1.29, 1.82) is 0 Å². The molecule has 0 atom stereocenters. The zero-order chi connectivity index (χ0) is 17.4. The molecule has 2 aromatic rings. The third-order valence-corrected chi connectivity index (χ3v) is 3.81. The van der Waals surface area contributed by atoms with E-state index in [9.17, 15) is 9.59 Å². The number of nitrogens with zero attached hydrogens (tertiary/aromatic N) is 2. The second kappa shape index (κ2) is 9.03. The predicted octanol–water partition coefficient (Wildman–Crippen LogP) is 2.44. The molecule has 24 heavy (non-hydrogen) atoms. The largest absolute Gasteiger partial charge is 0.349 e. The highest BCUT2D eigenvalue weighted by Crippen LogP contribution is 2.10. The van der Waals surface area contributed by atoms with Gasteiger partial charge in [-0.1, -0.05) is 29.8 Å². The van der Waals surface area contributed by atoms with Crippen LogP contribution in [0.2, 0.25) is 5.02 Å². The van der Waals surface area contributed by atoms with Gasteiger partial charge in [-0.25, -0.2) is 0 Å². The predicted molar refractivity (Wildman–Crippen MR) is 93.5 cm³/mol. The maximum Gasteiger partial charge on any atom is 0.239 e. The summed E-state index contributed by atoms with van der Waals surface area (Å²) >= 11 is 5.86. The van der Waals surface area contributed by atoms with Gasteiger partial charge >= 0.3 is 0 Å². The van der Waals surface area contributed by atoms with E-state index < -0.39 is 0 Å². The average Bonchev–Trinajstić information content (AvgIpc) is 2.59. The summed E-state index contributed by atoms with van der Waals surface area (Å²) < 4.78 is 0. The Bertz CT molecular complexity index is 674. The van der Waals surface area contributed by atoms with Gasteiger partial charge in [0, 0.05) is 24.7 Å². The molecule has 0 saturated carbocycles. The summed E-state index contributed by atoms with van der Waals surface area (Å²) in [5, 5.41) is 3.45. The second-order valence-corrected chi connectivity index (χ2v) is 5.85. The summed E-state index contributed by atoms with van der Waals surface area (Å²) in [6.45, 7) is 2.33. The number of aromatic nitrogens is 1. The summed E-state index contributed by atoms with van der Waals surface area (Å²) in [5.74, 6) is -0.330. The van der Waals surface area contributed by atoms with Crippen molar-refractivity contribution in [3.8, 4) is 0 Å². The lowest BCUT2D eigenvalue weighted by molar-refractivity contribution is -0.134. The molecule has 2 amide bonds. The number of nitrogens with one attached hydrogen (secondary N) is 1. The van der Waals surface area contributed by atoms with Crippen LogP contribution in [0, 0.1) is 0 Å².